The molecule has 1 fully saturated rings. The zero-order chi connectivity index (χ0) is 20.4. The zero-order valence-corrected chi connectivity index (χ0v) is 16.9. The highest BCUT2D eigenvalue weighted by Gasteiger charge is 2.43. The number of primary amides is 1. The average molecular weight is 392 g/mol. The summed E-state index contributed by atoms with van der Waals surface area (Å²) in [5, 5.41) is 0. The molecule has 152 valence electrons. The number of nitrogens with two attached hydrogens (primary N) is 1. The lowest BCUT2D eigenvalue weighted by atomic mass is 9.81. The van der Waals surface area contributed by atoms with E-state index in [1.807, 2.05) is 25.1 Å². The van der Waals surface area contributed by atoms with Crippen LogP contribution in [0.4, 0.5) is 0 Å². The highest BCUT2D eigenvalue weighted by Crippen LogP contribution is 2.41. The Bertz CT molecular complexity index is 915. The van der Waals surface area contributed by atoms with E-state index >= 15 is 0 Å². The Balaban J connectivity index is 1.46. The number of piperidine rings is 1. The van der Waals surface area contributed by atoms with E-state index in [0.717, 1.165) is 49.4 Å². The van der Waals surface area contributed by atoms with Crippen molar-refractivity contribution in [1.29, 1.82) is 0 Å². The Morgan fingerprint density at radius 1 is 1.14 bits per heavy atom. The van der Waals surface area contributed by atoms with E-state index in [9.17, 15) is 9.59 Å². The first kappa shape index (κ1) is 19.6. The molecule has 0 radical (unpaired) electrons. The number of Topliss-reactive ketones (excluding diaryl/α,β-unsaturated/α-hetero) is 1. The fraction of sp³-hybridized carbons (Fsp3) is 0.417. The molecule has 4 rings (SSSR count). The molecule has 2 aliphatic rings. The maximum Gasteiger partial charge on any atom is 0.217 e. The third kappa shape index (κ3) is 4.35. The van der Waals surface area contributed by atoms with Gasteiger partial charge in [0.2, 0.25) is 5.91 Å². The van der Waals surface area contributed by atoms with Crippen LogP contribution in [0.5, 0.6) is 5.75 Å². The van der Waals surface area contributed by atoms with Crippen molar-refractivity contribution in [3.63, 3.8) is 0 Å². The normalized spacial score (nSPS) is 18.3. The van der Waals surface area contributed by atoms with Gasteiger partial charge < -0.3 is 10.5 Å². The van der Waals surface area contributed by atoms with Crippen LogP contribution in [-0.2, 0) is 17.8 Å². The van der Waals surface area contributed by atoms with E-state index in [1.54, 1.807) is 0 Å². The Hall–Kier alpha value is -2.66. The van der Waals surface area contributed by atoms with E-state index in [-0.39, 0.29) is 18.1 Å². The summed E-state index contributed by atoms with van der Waals surface area (Å²) in [4.78, 5) is 26.5. The van der Waals surface area contributed by atoms with Gasteiger partial charge in [0.05, 0.1) is 12.0 Å². The zero-order valence-electron chi connectivity index (χ0n) is 16.9. The number of ether oxygens (including phenoxy) is 1. The van der Waals surface area contributed by atoms with Gasteiger partial charge in [-0.3, -0.25) is 14.5 Å². The third-order valence-electron chi connectivity index (χ3n) is 6.11. The number of benzene rings is 2. The molecular weight excluding hydrogens is 364 g/mol. The Morgan fingerprint density at radius 2 is 1.86 bits per heavy atom. The van der Waals surface area contributed by atoms with Gasteiger partial charge in [-0.15, -0.1) is 0 Å². The fourth-order valence-electron chi connectivity index (χ4n) is 4.48. The van der Waals surface area contributed by atoms with Gasteiger partial charge in [-0.1, -0.05) is 36.4 Å². The van der Waals surface area contributed by atoms with Crippen LogP contribution < -0.4 is 10.5 Å². The predicted molar refractivity (Wildman–Crippen MR) is 112 cm³/mol. The summed E-state index contributed by atoms with van der Waals surface area (Å²) in [6, 6.07) is 14.4. The van der Waals surface area contributed by atoms with E-state index in [1.165, 1.54) is 5.56 Å². The molecular formula is C24H28N2O3. The summed E-state index contributed by atoms with van der Waals surface area (Å²) in [6.45, 7) is 4.76. The molecule has 1 amide bonds. The first-order valence-corrected chi connectivity index (χ1v) is 10.3. The Kier molecular flexibility index (Phi) is 5.41. The van der Waals surface area contributed by atoms with Crippen LogP contribution in [0.25, 0.3) is 0 Å². The van der Waals surface area contributed by atoms with E-state index < -0.39 is 5.60 Å². The minimum atomic E-state index is -0.392. The number of hydrogen-bond acceptors (Lipinski definition) is 4. The quantitative estimate of drug-likeness (QED) is 0.846. The van der Waals surface area contributed by atoms with Crippen LogP contribution in [0.1, 0.15) is 52.7 Å². The van der Waals surface area contributed by atoms with Crippen LogP contribution in [0.15, 0.2) is 42.5 Å². The minimum Gasteiger partial charge on any atom is -0.486 e. The van der Waals surface area contributed by atoms with Gasteiger partial charge in [-0.2, -0.15) is 0 Å². The molecule has 2 aromatic rings. The number of carbonyl (C=O) groups is 2. The number of aryl methyl sites for hydroxylation is 2. The van der Waals surface area contributed by atoms with Crippen molar-refractivity contribution >= 4 is 11.7 Å². The Labute approximate surface area is 171 Å². The fourth-order valence-corrected chi connectivity index (χ4v) is 4.48. The van der Waals surface area contributed by atoms with Crippen molar-refractivity contribution in [3.05, 3.63) is 64.7 Å². The molecule has 0 unspecified atom stereocenters. The van der Waals surface area contributed by atoms with Crippen molar-refractivity contribution in [3.8, 4) is 5.75 Å². The number of hydrogen-bond donors (Lipinski definition) is 1. The smallest absolute Gasteiger partial charge is 0.217 e. The SMILES string of the molecule is Cc1cc(CCC(N)=O)cc2c1OC1(CCN(Cc3ccccc3)CC1)CC2=O. The van der Waals surface area contributed by atoms with Crippen LogP contribution in [0, 0.1) is 6.92 Å². The van der Waals surface area contributed by atoms with Crippen LogP contribution in [0.3, 0.4) is 0 Å². The molecule has 0 aliphatic carbocycles. The second kappa shape index (κ2) is 7.99. The minimum absolute atomic E-state index is 0.145. The molecule has 0 bridgehead atoms. The number of ketones is 1. The van der Waals surface area contributed by atoms with Gasteiger partial charge >= 0.3 is 0 Å². The van der Waals surface area contributed by atoms with Gasteiger partial charge in [0, 0.05) is 38.9 Å². The van der Waals surface area contributed by atoms with Gasteiger partial charge in [0.15, 0.2) is 5.78 Å². The van der Waals surface area contributed by atoms with Crippen LogP contribution in [0.2, 0.25) is 0 Å². The molecule has 2 N–H and O–H groups in total. The molecule has 0 atom stereocenters. The maximum atomic E-state index is 13.0. The number of fused-ring (bicyclic) bond motifs is 1. The number of likely N-dealkylation sites (tertiary alicyclic amines) is 1. The van der Waals surface area contributed by atoms with Crippen LogP contribution >= 0.6 is 0 Å². The lowest BCUT2D eigenvalue weighted by molar-refractivity contribution is -0.117. The average Bonchev–Trinajstić information content (AvgIpc) is 2.70. The number of rotatable bonds is 5. The topological polar surface area (TPSA) is 72.6 Å². The molecule has 29 heavy (non-hydrogen) atoms. The molecule has 1 spiro atoms. The van der Waals surface area contributed by atoms with Crippen molar-refractivity contribution < 1.29 is 14.3 Å². The summed E-state index contributed by atoms with van der Waals surface area (Å²) in [5.41, 5.74) is 8.76. The molecule has 1 saturated heterocycles. The van der Waals surface area contributed by atoms with Gasteiger partial charge in [0.1, 0.15) is 11.4 Å². The first-order valence-electron chi connectivity index (χ1n) is 10.3. The predicted octanol–water partition coefficient (Wildman–Crippen LogP) is 3.41. The highest BCUT2D eigenvalue weighted by atomic mass is 16.5. The second-order valence-electron chi connectivity index (χ2n) is 8.40. The van der Waals surface area contributed by atoms with Crippen molar-refractivity contribution in [2.45, 2.75) is 51.2 Å². The van der Waals surface area contributed by atoms with E-state index in [2.05, 4.69) is 29.2 Å². The Morgan fingerprint density at radius 3 is 2.55 bits per heavy atom. The van der Waals surface area contributed by atoms with E-state index in [4.69, 9.17) is 10.5 Å². The summed E-state index contributed by atoms with van der Waals surface area (Å²) in [7, 11) is 0. The summed E-state index contributed by atoms with van der Waals surface area (Å²) >= 11 is 0. The standard InChI is InChI=1S/C24H28N2O3/c1-17-13-19(7-8-22(25)28)14-20-21(27)15-24(29-23(17)20)9-11-26(12-10-24)16-18-5-3-2-4-6-18/h2-6,13-14H,7-12,15-16H2,1H3,(H2,25,28). The summed E-state index contributed by atoms with van der Waals surface area (Å²) in [5.74, 6) is 0.538. The summed E-state index contributed by atoms with van der Waals surface area (Å²) in [6.07, 6.45) is 2.98. The van der Waals surface area contributed by atoms with Crippen molar-refractivity contribution in [2.24, 2.45) is 5.73 Å². The lowest BCUT2D eigenvalue weighted by Crippen LogP contribution is -2.50. The first-order chi connectivity index (χ1) is 13.9. The molecule has 0 aromatic heterocycles. The maximum absolute atomic E-state index is 13.0. The van der Waals surface area contributed by atoms with Gasteiger partial charge in [0.25, 0.3) is 0 Å². The largest absolute Gasteiger partial charge is 0.486 e. The molecule has 2 aliphatic heterocycles. The van der Waals surface area contributed by atoms with Crippen molar-refractivity contribution in [1.82, 2.24) is 4.90 Å². The lowest BCUT2D eigenvalue weighted by Gasteiger charge is -2.44. The molecule has 0 saturated carbocycles. The number of nitrogens with zero attached hydrogens (tertiary/aromatic N) is 1. The number of amides is 1. The summed E-state index contributed by atoms with van der Waals surface area (Å²) < 4.78 is 6.50. The van der Waals surface area contributed by atoms with Crippen molar-refractivity contribution in [2.75, 3.05) is 13.1 Å². The molecule has 5 nitrogen and oxygen atoms in total. The number of carbonyl (C=O) groups excluding carboxylic acids is 2. The molecule has 2 heterocycles. The molecule has 5 heteroatoms. The van der Waals surface area contributed by atoms with Gasteiger partial charge in [-0.05, 0) is 36.1 Å². The van der Waals surface area contributed by atoms with Gasteiger partial charge in [-0.25, -0.2) is 0 Å². The molecule has 2 aromatic carbocycles. The van der Waals surface area contributed by atoms with E-state index in [0.29, 0.717) is 18.4 Å². The highest BCUT2D eigenvalue weighted by molar-refractivity contribution is 6.01. The monoisotopic (exact) mass is 392 g/mol. The second-order valence-corrected chi connectivity index (χ2v) is 8.40. The third-order valence-corrected chi connectivity index (χ3v) is 6.11. The van der Waals surface area contributed by atoms with Crippen LogP contribution in [-0.4, -0.2) is 35.3 Å².